The second-order valence-electron chi connectivity index (χ2n) is 13.9. The predicted molar refractivity (Wildman–Crippen MR) is 195 cm³/mol. The number of nitrogen functional groups attached to an aromatic ring is 1. The van der Waals surface area contributed by atoms with E-state index < -0.39 is 96.1 Å². The van der Waals surface area contributed by atoms with E-state index >= 15 is 0 Å². The molecule has 0 aromatic carbocycles. The molecule has 1 saturated heterocycles. The van der Waals surface area contributed by atoms with Gasteiger partial charge in [-0.05, 0) is 19.8 Å². The highest BCUT2D eigenvalue weighted by Gasteiger charge is 2.55. The second kappa shape index (κ2) is 21.4. The molecule has 0 radical (unpaired) electrons. The molecule has 1 aliphatic rings. The van der Waals surface area contributed by atoms with Gasteiger partial charge in [-0.15, -0.1) is 0 Å². The van der Waals surface area contributed by atoms with Gasteiger partial charge in [-0.3, -0.25) is 32.9 Å². The summed E-state index contributed by atoms with van der Waals surface area (Å²) in [6.45, 7) is 0.920. The molecule has 0 spiro atoms. The molecular formula is C29H44N7O20P3S-4. The number of carbonyl (C=O) groups is 4. The van der Waals surface area contributed by atoms with Crippen molar-refractivity contribution in [3.63, 3.8) is 0 Å². The molecule has 0 saturated carbocycles. The number of aromatic nitrogens is 4. The van der Waals surface area contributed by atoms with Crippen LogP contribution in [0.1, 0.15) is 52.9 Å². The predicted octanol–water partition coefficient (Wildman–Crippen LogP) is -3.68. The number of aliphatic hydroxyl groups is 3. The van der Waals surface area contributed by atoms with E-state index in [0.717, 1.165) is 35.9 Å². The minimum absolute atomic E-state index is 0.0221. The minimum atomic E-state index is -5.96. The van der Waals surface area contributed by atoms with Crippen molar-refractivity contribution in [3.05, 3.63) is 12.7 Å². The van der Waals surface area contributed by atoms with Crippen LogP contribution in [0.25, 0.3) is 11.2 Å². The molecule has 2 aromatic rings. The molecule has 2 aromatic heterocycles. The zero-order chi connectivity index (χ0) is 45.3. The smallest absolute Gasteiger partial charge is 0.303 e. The average molecular weight is 936 g/mol. The Kier molecular flexibility index (Phi) is 18.3. The van der Waals surface area contributed by atoms with E-state index in [1.165, 1.54) is 13.8 Å². The Hall–Kier alpha value is -3.01. The number of phosphoric acid groups is 3. The number of thioether (sulfide) groups is 1. The Bertz CT molecular complexity index is 1990. The second-order valence-corrected chi connectivity index (χ2v) is 19.1. The number of hydrogen-bond acceptors (Lipinski definition) is 24. The lowest BCUT2D eigenvalue weighted by molar-refractivity contribution is -0.347. The number of carbonyl (C=O) groups excluding carboxylic acids is 3. The van der Waals surface area contributed by atoms with Crippen molar-refractivity contribution in [2.24, 2.45) is 5.41 Å². The first-order valence-electron chi connectivity index (χ1n) is 17.6. The van der Waals surface area contributed by atoms with Crippen LogP contribution in [0.2, 0.25) is 0 Å². The fourth-order valence-corrected chi connectivity index (χ4v) is 8.90. The summed E-state index contributed by atoms with van der Waals surface area (Å²) < 4.78 is 61.0. The SMILES string of the molecule is CC(C)(COP(=O)([O-])OP(=O)([O-])OCC1OC(C)(n2cnc3c(N)ncnc32)C(O)C1OP(=O)([O-])[O-])C(O)C(=O)NCCC(=O)NCCSC(=O)CC(O)CCCC(=O)O. The molecule has 8 unspecified atom stereocenters. The number of phosphoric ester groups is 3. The summed E-state index contributed by atoms with van der Waals surface area (Å²) in [6, 6.07) is 0. The van der Waals surface area contributed by atoms with E-state index in [9.17, 15) is 67.8 Å². The van der Waals surface area contributed by atoms with E-state index in [1.54, 1.807) is 0 Å². The number of rotatable bonds is 25. The fraction of sp³-hybridized carbons (Fsp3) is 0.690. The number of aliphatic hydroxyl groups excluding tert-OH is 3. The zero-order valence-electron chi connectivity index (χ0n) is 32.0. The number of nitrogens with one attached hydrogen (secondary N) is 2. The van der Waals surface area contributed by atoms with E-state index in [1.807, 2.05) is 0 Å². The summed E-state index contributed by atoms with van der Waals surface area (Å²) in [5.41, 5.74) is 1.93. The van der Waals surface area contributed by atoms with Gasteiger partial charge in [0.1, 0.15) is 36.3 Å². The molecule has 2 amide bonds. The summed E-state index contributed by atoms with van der Waals surface area (Å²) in [5, 5.41) is 44.4. The Morgan fingerprint density at radius 2 is 1.72 bits per heavy atom. The number of amides is 2. The summed E-state index contributed by atoms with van der Waals surface area (Å²) in [5.74, 6) is -2.56. The third-order valence-electron chi connectivity index (χ3n) is 8.56. The molecule has 0 bridgehead atoms. The topological polar surface area (TPSA) is 432 Å². The molecule has 60 heavy (non-hydrogen) atoms. The van der Waals surface area contributed by atoms with Crippen LogP contribution in [-0.4, -0.2) is 125 Å². The molecule has 31 heteroatoms. The largest absolute Gasteiger partial charge is 0.790 e. The molecule has 0 aliphatic carbocycles. The van der Waals surface area contributed by atoms with Gasteiger partial charge in [0.15, 0.2) is 22.3 Å². The van der Waals surface area contributed by atoms with Crippen LogP contribution in [-0.2, 0) is 61.2 Å². The number of carboxylic acids is 1. The number of imidazole rings is 1. The summed E-state index contributed by atoms with van der Waals surface area (Å²) >= 11 is 0.850. The van der Waals surface area contributed by atoms with Gasteiger partial charge in [0.25, 0.3) is 15.6 Å². The number of aliphatic carboxylic acids is 1. The van der Waals surface area contributed by atoms with Gasteiger partial charge in [-0.1, -0.05) is 25.6 Å². The van der Waals surface area contributed by atoms with Crippen LogP contribution >= 0.6 is 35.2 Å². The number of nitrogens with zero attached hydrogens (tertiary/aromatic N) is 4. The van der Waals surface area contributed by atoms with Crippen molar-refractivity contribution < 1.29 is 95.5 Å². The first-order chi connectivity index (χ1) is 27.7. The highest BCUT2D eigenvalue weighted by atomic mass is 32.2. The third-order valence-corrected chi connectivity index (χ3v) is 12.5. The highest BCUT2D eigenvalue weighted by Crippen LogP contribution is 2.56. The van der Waals surface area contributed by atoms with E-state index in [4.69, 9.17) is 15.6 Å². The molecular weight excluding hydrogens is 891 g/mol. The number of nitrogens with two attached hydrogens (primary N) is 1. The van der Waals surface area contributed by atoms with Crippen LogP contribution in [0.5, 0.6) is 0 Å². The first-order valence-corrected chi connectivity index (χ1v) is 22.9. The van der Waals surface area contributed by atoms with Gasteiger partial charge in [0.2, 0.25) is 11.8 Å². The van der Waals surface area contributed by atoms with E-state index in [0.29, 0.717) is 0 Å². The summed E-state index contributed by atoms with van der Waals surface area (Å²) in [6.07, 6.45) is -7.25. The maximum atomic E-state index is 12.6. The zero-order valence-corrected chi connectivity index (χ0v) is 35.5. The highest BCUT2D eigenvalue weighted by molar-refractivity contribution is 8.13. The molecule has 3 rings (SSSR count). The normalized spacial score (nSPS) is 22.7. The van der Waals surface area contributed by atoms with E-state index in [-0.39, 0.29) is 73.0 Å². The number of hydrogen-bond donors (Lipinski definition) is 7. The standard InChI is InChI=1S/C29H48N7O20P3S/c1-28(2,24(43)27(44)32-8-7-18(38)31-9-10-60-20(41)11-16(37)5-4-6-19(39)40)13-53-59(50,51)56-58(48,49)52-12-17-22(55-57(45,46)47)23(42)29(3,54-17)36-15-35-21-25(30)33-14-34-26(21)36/h14-17,22-24,37,42-43H,4-13H2,1-3H3,(H,31,38)(H,32,44)(H,39,40)(H,48,49)(H,50,51)(H2,30,33,34)(H2,45,46,47)/p-4. The van der Waals surface area contributed by atoms with Crippen LogP contribution in [0.4, 0.5) is 5.82 Å². The van der Waals surface area contributed by atoms with Gasteiger partial charge in [-0.2, -0.15) is 0 Å². The van der Waals surface area contributed by atoms with Crippen molar-refractivity contribution in [2.45, 2.75) is 89.1 Å². The average Bonchev–Trinajstić information content (AvgIpc) is 3.67. The lowest BCUT2D eigenvalue weighted by Crippen LogP contribution is -2.46. The summed E-state index contributed by atoms with van der Waals surface area (Å²) in [7, 11) is -17.7. The van der Waals surface area contributed by atoms with Gasteiger partial charge in [0.05, 0.1) is 33.5 Å². The van der Waals surface area contributed by atoms with Gasteiger partial charge < -0.3 is 79.2 Å². The van der Waals surface area contributed by atoms with E-state index in [2.05, 4.69) is 43.5 Å². The number of ether oxygens (including phenoxy) is 1. The number of anilines is 1. The molecule has 3 heterocycles. The third kappa shape index (κ3) is 15.4. The summed E-state index contributed by atoms with van der Waals surface area (Å²) in [4.78, 5) is 107. The Morgan fingerprint density at radius 3 is 2.37 bits per heavy atom. The molecule has 27 nitrogen and oxygen atoms in total. The van der Waals surface area contributed by atoms with Crippen molar-refractivity contribution in [1.29, 1.82) is 0 Å². The van der Waals surface area contributed by atoms with Gasteiger partial charge in [-0.25, -0.2) is 19.3 Å². The fourth-order valence-electron chi connectivity index (χ4n) is 5.43. The van der Waals surface area contributed by atoms with Crippen LogP contribution in [0.3, 0.4) is 0 Å². The Labute approximate surface area is 345 Å². The minimum Gasteiger partial charge on any atom is -0.790 e. The van der Waals surface area contributed by atoms with Crippen molar-refractivity contribution in [1.82, 2.24) is 30.2 Å². The molecule has 8 N–H and O–H groups in total. The molecule has 1 aliphatic heterocycles. The van der Waals surface area contributed by atoms with Gasteiger partial charge >= 0.3 is 5.97 Å². The van der Waals surface area contributed by atoms with Crippen LogP contribution in [0, 0.1) is 5.41 Å². The maximum absolute atomic E-state index is 12.6. The van der Waals surface area contributed by atoms with Crippen molar-refractivity contribution in [3.8, 4) is 0 Å². The van der Waals surface area contributed by atoms with Crippen molar-refractivity contribution >= 4 is 75.1 Å². The number of carboxylic acid groups (broad SMARTS) is 1. The quantitative estimate of drug-likeness (QED) is 0.0372. The Morgan fingerprint density at radius 1 is 1.05 bits per heavy atom. The van der Waals surface area contributed by atoms with Crippen LogP contribution in [0.15, 0.2) is 12.7 Å². The van der Waals surface area contributed by atoms with Crippen molar-refractivity contribution in [2.75, 3.05) is 37.8 Å². The lowest BCUT2D eigenvalue weighted by atomic mass is 9.87. The molecule has 340 valence electrons. The Balaban J connectivity index is 1.46. The monoisotopic (exact) mass is 935 g/mol. The lowest BCUT2D eigenvalue weighted by Gasteiger charge is -2.36. The first kappa shape index (κ1) is 51.3. The van der Waals surface area contributed by atoms with Crippen LogP contribution < -0.4 is 35.9 Å². The molecule has 8 atom stereocenters. The maximum Gasteiger partial charge on any atom is 0.303 e. The number of fused-ring (bicyclic) bond motifs is 1. The van der Waals surface area contributed by atoms with Gasteiger partial charge in [0, 0.05) is 43.5 Å². The molecule has 1 fully saturated rings.